The Morgan fingerprint density at radius 3 is 2.50 bits per heavy atom. The number of methoxy groups -OCH3 is 1. The van der Waals surface area contributed by atoms with Crippen LogP contribution in [0.1, 0.15) is 37.2 Å². The summed E-state index contributed by atoms with van der Waals surface area (Å²) < 4.78 is 88.9. The Hall–Kier alpha value is -2.65. The van der Waals surface area contributed by atoms with Gasteiger partial charge in [-0.3, -0.25) is 0 Å². The minimum atomic E-state index is -4.61. The Morgan fingerprint density at radius 1 is 1.26 bits per heavy atom. The van der Waals surface area contributed by atoms with Crippen molar-refractivity contribution in [3.8, 4) is 0 Å². The number of ether oxygens (including phenoxy) is 2. The van der Waals surface area contributed by atoms with Gasteiger partial charge in [0.15, 0.2) is 11.8 Å². The number of amides is 2. The van der Waals surface area contributed by atoms with Crippen molar-refractivity contribution in [1.29, 1.82) is 0 Å². The van der Waals surface area contributed by atoms with E-state index in [4.69, 9.17) is 15.2 Å². The average molecular weight is 498 g/mol. The van der Waals surface area contributed by atoms with Crippen LogP contribution < -0.4 is 11.1 Å². The molecule has 0 aromatic carbocycles. The minimum Gasteiger partial charge on any atom is -0.382 e. The number of hydrogen-bond donors (Lipinski definition) is 2. The molecule has 3 N–H and O–H groups in total. The predicted molar refractivity (Wildman–Crippen MR) is 106 cm³/mol. The second kappa shape index (κ2) is 9.54. The van der Waals surface area contributed by atoms with Gasteiger partial charge in [0.05, 0.1) is 49.4 Å². The molecule has 1 aliphatic heterocycles. The van der Waals surface area contributed by atoms with Gasteiger partial charge in [-0.05, 0) is 19.9 Å². The minimum absolute atomic E-state index is 0.108. The number of aromatic nitrogens is 3. The zero-order valence-corrected chi connectivity index (χ0v) is 18.4. The molecule has 0 saturated carbocycles. The summed E-state index contributed by atoms with van der Waals surface area (Å²) in [5.41, 5.74) is 6.81. The molecule has 2 aromatic heterocycles. The maximum Gasteiger partial charge on any atom is 0.414 e. The van der Waals surface area contributed by atoms with Crippen LogP contribution in [0.2, 0.25) is 0 Å². The fraction of sp³-hybridized carbons (Fsp3) is 0.632. The van der Waals surface area contributed by atoms with Crippen LogP contribution in [0.5, 0.6) is 0 Å². The van der Waals surface area contributed by atoms with Gasteiger partial charge in [-0.15, -0.1) is 0 Å². The van der Waals surface area contributed by atoms with Crippen LogP contribution in [-0.4, -0.2) is 76.4 Å². The van der Waals surface area contributed by atoms with Crippen LogP contribution in [0.15, 0.2) is 18.5 Å². The maximum atomic E-state index is 13.1. The number of imidazole rings is 1. The van der Waals surface area contributed by atoms with Crippen molar-refractivity contribution in [3.05, 3.63) is 29.7 Å². The lowest BCUT2D eigenvalue weighted by molar-refractivity contribution is -0.227. The Morgan fingerprint density at radius 2 is 1.94 bits per heavy atom. The first-order valence-corrected chi connectivity index (χ1v) is 10.2. The lowest BCUT2D eigenvalue weighted by Crippen LogP contribution is -2.40. The normalized spacial score (nSPS) is 20.9. The summed E-state index contributed by atoms with van der Waals surface area (Å²) in [7, 11) is 1.34. The van der Waals surface area contributed by atoms with Gasteiger partial charge in [0, 0.05) is 12.7 Å². The highest BCUT2D eigenvalue weighted by Gasteiger charge is 2.48. The fourth-order valence-electron chi connectivity index (χ4n) is 3.51. The molecule has 2 amide bonds. The van der Waals surface area contributed by atoms with E-state index in [2.05, 4.69) is 10.1 Å². The highest BCUT2D eigenvalue weighted by atomic mass is 19.4. The molecule has 2 aromatic rings. The van der Waals surface area contributed by atoms with Crippen LogP contribution in [0, 0.1) is 0 Å². The summed E-state index contributed by atoms with van der Waals surface area (Å²) in [6.45, 7) is 1.53. The Bertz CT molecular complexity index is 1010. The number of rotatable bonds is 8. The fourth-order valence-corrected chi connectivity index (χ4v) is 3.51. The lowest BCUT2D eigenvalue weighted by Gasteiger charge is -2.26. The number of alkyl halides is 6. The Balaban J connectivity index is 1.83. The highest BCUT2D eigenvalue weighted by molar-refractivity contribution is 5.77. The van der Waals surface area contributed by atoms with E-state index in [9.17, 15) is 31.1 Å². The summed E-state index contributed by atoms with van der Waals surface area (Å²) >= 11 is 0. The van der Waals surface area contributed by atoms with Crippen molar-refractivity contribution in [2.45, 2.75) is 56.5 Å². The summed E-state index contributed by atoms with van der Waals surface area (Å²) in [4.78, 5) is 17.5. The first-order valence-electron chi connectivity index (χ1n) is 10.2. The zero-order valence-electron chi connectivity index (χ0n) is 18.4. The molecule has 190 valence electrons. The van der Waals surface area contributed by atoms with E-state index in [0.717, 1.165) is 11.8 Å². The van der Waals surface area contributed by atoms with Gasteiger partial charge in [0.1, 0.15) is 6.04 Å². The molecule has 1 aliphatic rings. The largest absolute Gasteiger partial charge is 0.414 e. The Labute approximate surface area is 190 Å². The van der Waals surface area contributed by atoms with E-state index in [1.165, 1.54) is 37.0 Å². The topological polar surface area (TPSA) is 107 Å². The summed E-state index contributed by atoms with van der Waals surface area (Å²) in [5.74, 6) is 0. The maximum absolute atomic E-state index is 13.1. The van der Waals surface area contributed by atoms with E-state index in [0.29, 0.717) is 5.56 Å². The van der Waals surface area contributed by atoms with E-state index in [-0.39, 0.29) is 17.9 Å². The third kappa shape index (κ3) is 5.52. The average Bonchev–Trinajstić information content (AvgIpc) is 3.33. The number of carbonyl (C=O) groups excluding carboxylic acids is 1. The number of nitrogens with one attached hydrogen (secondary N) is 1. The lowest BCUT2D eigenvalue weighted by atomic mass is 10.1. The van der Waals surface area contributed by atoms with Gasteiger partial charge in [-0.25, -0.2) is 14.3 Å². The molecule has 34 heavy (non-hydrogen) atoms. The first-order chi connectivity index (χ1) is 15.7. The molecule has 0 aliphatic carbocycles. The summed E-state index contributed by atoms with van der Waals surface area (Å²) in [6, 6.07) is -3.33. The van der Waals surface area contributed by atoms with Gasteiger partial charge in [0.25, 0.3) is 0 Å². The number of halogens is 6. The number of fused-ring (bicyclic) bond motifs is 1. The summed E-state index contributed by atoms with van der Waals surface area (Å²) in [6.07, 6.45) is -9.47. The van der Waals surface area contributed by atoms with Crippen molar-refractivity contribution in [2.24, 2.45) is 5.73 Å². The monoisotopic (exact) mass is 498 g/mol. The number of nitrogens with two attached hydrogens (primary N) is 1. The van der Waals surface area contributed by atoms with Crippen molar-refractivity contribution < 1.29 is 40.6 Å². The van der Waals surface area contributed by atoms with Gasteiger partial charge < -0.3 is 25.4 Å². The first kappa shape index (κ1) is 26.0. The zero-order chi connectivity index (χ0) is 25.4. The molecule has 1 fully saturated rings. The van der Waals surface area contributed by atoms with Crippen molar-refractivity contribution in [2.75, 3.05) is 20.3 Å². The highest BCUT2D eigenvalue weighted by Crippen LogP contribution is 2.31. The molecule has 0 spiro atoms. The van der Waals surface area contributed by atoms with Crippen LogP contribution in [0.4, 0.5) is 31.1 Å². The number of nitrogens with zero attached hydrogens (tertiary/aromatic N) is 4. The van der Waals surface area contributed by atoms with Crippen LogP contribution in [0.3, 0.4) is 0 Å². The SMILES string of the molecule is COC[C@H](c1cnn2cc([C@@H](N)[C@@H](C)O[C@H](C)C(F)(F)F)nc2c1)N1C[C@@H](C(F)(F)F)NC1=O. The summed E-state index contributed by atoms with van der Waals surface area (Å²) in [5, 5.41) is 6.05. The molecule has 3 heterocycles. The molecular formula is C19H24F6N6O3. The van der Waals surface area contributed by atoms with Crippen LogP contribution >= 0.6 is 0 Å². The third-order valence-corrected chi connectivity index (χ3v) is 5.51. The molecule has 3 rings (SSSR count). The number of urea groups is 1. The molecular weight excluding hydrogens is 474 g/mol. The van der Waals surface area contributed by atoms with Crippen molar-refractivity contribution in [1.82, 2.24) is 24.8 Å². The van der Waals surface area contributed by atoms with Gasteiger partial charge in [0.2, 0.25) is 0 Å². The predicted octanol–water partition coefficient (Wildman–Crippen LogP) is 2.73. The van der Waals surface area contributed by atoms with E-state index in [1.807, 2.05) is 5.32 Å². The number of hydrogen-bond acceptors (Lipinski definition) is 6. The molecule has 9 nitrogen and oxygen atoms in total. The van der Waals surface area contributed by atoms with Gasteiger partial charge in [-0.1, -0.05) is 0 Å². The van der Waals surface area contributed by atoms with Crippen LogP contribution in [0.25, 0.3) is 5.65 Å². The van der Waals surface area contributed by atoms with E-state index in [1.54, 1.807) is 0 Å². The van der Waals surface area contributed by atoms with Crippen molar-refractivity contribution in [3.63, 3.8) is 0 Å². The van der Waals surface area contributed by atoms with Gasteiger partial charge in [-0.2, -0.15) is 31.4 Å². The Kier molecular flexibility index (Phi) is 7.28. The second-order valence-electron chi connectivity index (χ2n) is 7.98. The molecule has 1 saturated heterocycles. The smallest absolute Gasteiger partial charge is 0.382 e. The molecule has 0 bridgehead atoms. The van der Waals surface area contributed by atoms with E-state index < -0.39 is 55.3 Å². The van der Waals surface area contributed by atoms with Gasteiger partial charge >= 0.3 is 18.4 Å². The van der Waals surface area contributed by atoms with Crippen LogP contribution in [-0.2, 0) is 9.47 Å². The standard InChI is InChI=1S/C19H24F6N6O3/c1-9(34-10(2)18(20,21)22)16(26)12-6-31-15(28-12)4-11(5-27-31)13(8-33-3)30-7-14(19(23,24)25)29-17(30)32/h4-6,9-10,13-14,16H,7-8,26H2,1-3H3,(H,29,32)/t9-,10-,13-,14+,16+/m1/s1. The molecule has 5 atom stereocenters. The second-order valence-corrected chi connectivity index (χ2v) is 7.98. The number of carbonyl (C=O) groups is 1. The van der Waals surface area contributed by atoms with E-state index >= 15 is 0 Å². The molecule has 0 radical (unpaired) electrons. The van der Waals surface area contributed by atoms with Crippen molar-refractivity contribution >= 4 is 11.7 Å². The molecule has 15 heteroatoms. The third-order valence-electron chi connectivity index (χ3n) is 5.51. The quantitative estimate of drug-likeness (QED) is 0.542. The molecule has 0 unspecified atom stereocenters.